The molecule has 2 amide bonds. The molecule has 1 heterocycles. The van der Waals surface area contributed by atoms with Crippen molar-refractivity contribution in [3.8, 4) is 0 Å². The van der Waals surface area contributed by atoms with Gasteiger partial charge in [-0.15, -0.1) is 0 Å². The van der Waals surface area contributed by atoms with Gasteiger partial charge in [0.05, 0.1) is 12.2 Å². The Morgan fingerprint density at radius 1 is 1.37 bits per heavy atom. The second-order valence-corrected chi connectivity index (χ2v) is 5.58. The molecule has 0 radical (unpaired) electrons. The highest BCUT2D eigenvalue weighted by Gasteiger charge is 2.21. The molecule has 1 aromatic rings. The lowest BCUT2D eigenvalue weighted by atomic mass is 9.87. The summed E-state index contributed by atoms with van der Waals surface area (Å²) in [6.07, 6.45) is 6.39. The van der Waals surface area contributed by atoms with Crippen LogP contribution >= 0.6 is 0 Å². The molecule has 1 aliphatic rings. The number of carbonyl (C=O) groups excluding carboxylic acids is 1. The molecule has 104 valence electrons. The van der Waals surface area contributed by atoms with Crippen LogP contribution in [0, 0.1) is 5.92 Å². The zero-order chi connectivity index (χ0) is 13.7. The van der Waals surface area contributed by atoms with Gasteiger partial charge < -0.3 is 10.2 Å². The molecular weight excluding hydrogens is 238 g/mol. The number of hydrogen-bond acceptors (Lipinski definition) is 2. The van der Waals surface area contributed by atoms with E-state index in [1.807, 2.05) is 25.2 Å². The minimum atomic E-state index is 0.00482. The highest BCUT2D eigenvalue weighted by Crippen LogP contribution is 2.23. The third-order valence-corrected chi connectivity index (χ3v) is 3.82. The van der Waals surface area contributed by atoms with Crippen LogP contribution in [0.2, 0.25) is 0 Å². The number of urea groups is 1. The molecule has 0 saturated heterocycles. The zero-order valence-corrected chi connectivity index (χ0v) is 11.8. The van der Waals surface area contributed by atoms with Crippen molar-refractivity contribution in [1.82, 2.24) is 15.2 Å². The lowest BCUT2D eigenvalue weighted by molar-refractivity contribution is 0.195. The summed E-state index contributed by atoms with van der Waals surface area (Å²) >= 11 is 0. The molecule has 0 atom stereocenters. The molecule has 0 bridgehead atoms. The highest BCUT2D eigenvalue weighted by atomic mass is 16.2. The summed E-state index contributed by atoms with van der Waals surface area (Å²) in [4.78, 5) is 18.0. The molecule has 4 nitrogen and oxygen atoms in total. The maximum Gasteiger partial charge on any atom is 0.317 e. The Morgan fingerprint density at radius 2 is 2.11 bits per heavy atom. The van der Waals surface area contributed by atoms with E-state index < -0.39 is 0 Å². The molecule has 4 heteroatoms. The van der Waals surface area contributed by atoms with Crippen LogP contribution in [0.25, 0.3) is 0 Å². The molecule has 1 aromatic heterocycles. The summed E-state index contributed by atoms with van der Waals surface area (Å²) in [5.74, 6) is 0.805. The molecule has 2 rings (SSSR count). The summed E-state index contributed by atoms with van der Waals surface area (Å²) < 4.78 is 0. The third-order valence-electron chi connectivity index (χ3n) is 3.82. The fraction of sp³-hybridized carbons (Fsp3) is 0.600. The fourth-order valence-electron chi connectivity index (χ4n) is 2.50. The summed E-state index contributed by atoms with van der Waals surface area (Å²) in [7, 11) is 1.81. The number of hydrogen-bond donors (Lipinski definition) is 1. The van der Waals surface area contributed by atoms with Crippen molar-refractivity contribution in [3.63, 3.8) is 0 Å². The Hall–Kier alpha value is -1.58. The molecule has 19 heavy (non-hydrogen) atoms. The highest BCUT2D eigenvalue weighted by molar-refractivity contribution is 5.74. The average molecular weight is 261 g/mol. The van der Waals surface area contributed by atoms with Crippen molar-refractivity contribution < 1.29 is 4.79 Å². The third kappa shape index (κ3) is 4.23. The Kier molecular flexibility index (Phi) is 4.77. The lowest BCUT2D eigenvalue weighted by Crippen LogP contribution is -2.44. The van der Waals surface area contributed by atoms with Gasteiger partial charge in [0.1, 0.15) is 0 Å². The first-order chi connectivity index (χ1) is 9.15. The first-order valence-corrected chi connectivity index (χ1v) is 7.06. The number of rotatable bonds is 3. The van der Waals surface area contributed by atoms with E-state index in [2.05, 4.69) is 17.2 Å². The van der Waals surface area contributed by atoms with Gasteiger partial charge in [0.2, 0.25) is 0 Å². The maximum atomic E-state index is 12.1. The van der Waals surface area contributed by atoms with E-state index in [-0.39, 0.29) is 6.03 Å². The topological polar surface area (TPSA) is 45.2 Å². The van der Waals surface area contributed by atoms with Crippen molar-refractivity contribution in [2.75, 3.05) is 7.05 Å². The summed E-state index contributed by atoms with van der Waals surface area (Å²) in [6.45, 7) is 2.83. The number of amides is 2. The Morgan fingerprint density at radius 3 is 2.74 bits per heavy atom. The Balaban J connectivity index is 1.79. The van der Waals surface area contributed by atoms with Gasteiger partial charge in [0, 0.05) is 19.3 Å². The van der Waals surface area contributed by atoms with E-state index in [1.165, 1.54) is 12.8 Å². The van der Waals surface area contributed by atoms with Crippen LogP contribution in [-0.2, 0) is 6.54 Å². The lowest BCUT2D eigenvalue weighted by Gasteiger charge is -2.28. The number of pyridine rings is 1. The van der Waals surface area contributed by atoms with Gasteiger partial charge in [-0.05, 0) is 43.7 Å². The van der Waals surface area contributed by atoms with Gasteiger partial charge in [-0.2, -0.15) is 0 Å². The molecular formula is C15H23N3O. The predicted molar refractivity (Wildman–Crippen MR) is 75.7 cm³/mol. The van der Waals surface area contributed by atoms with Gasteiger partial charge in [-0.25, -0.2) is 4.79 Å². The van der Waals surface area contributed by atoms with E-state index in [0.717, 1.165) is 24.5 Å². The van der Waals surface area contributed by atoms with Gasteiger partial charge >= 0.3 is 6.03 Å². The van der Waals surface area contributed by atoms with Gasteiger partial charge in [0.15, 0.2) is 0 Å². The van der Waals surface area contributed by atoms with Crippen LogP contribution in [-0.4, -0.2) is 29.0 Å². The van der Waals surface area contributed by atoms with Crippen LogP contribution in [0.1, 0.15) is 38.3 Å². The first kappa shape index (κ1) is 13.8. The van der Waals surface area contributed by atoms with E-state index in [9.17, 15) is 4.79 Å². The van der Waals surface area contributed by atoms with Crippen molar-refractivity contribution in [2.45, 2.75) is 45.2 Å². The predicted octanol–water partition coefficient (Wildman–Crippen LogP) is 2.80. The van der Waals surface area contributed by atoms with Crippen molar-refractivity contribution in [2.24, 2.45) is 5.92 Å². The SMILES string of the molecule is CC1CCC(NC(=O)N(C)Cc2ccccn2)CC1. The van der Waals surface area contributed by atoms with Gasteiger partial charge in [-0.3, -0.25) is 4.98 Å². The van der Waals surface area contributed by atoms with Crippen LogP contribution < -0.4 is 5.32 Å². The molecule has 1 saturated carbocycles. The standard InChI is InChI=1S/C15H23N3O/c1-12-6-8-13(9-7-12)17-15(19)18(2)11-14-5-3-4-10-16-14/h3-5,10,12-13H,6-9,11H2,1-2H3,(H,17,19). The maximum absolute atomic E-state index is 12.1. The monoisotopic (exact) mass is 261 g/mol. The van der Waals surface area contributed by atoms with Crippen LogP contribution in [0.5, 0.6) is 0 Å². The number of carbonyl (C=O) groups is 1. The number of aromatic nitrogens is 1. The van der Waals surface area contributed by atoms with Gasteiger partial charge in [0.25, 0.3) is 0 Å². The van der Waals surface area contributed by atoms with Crippen LogP contribution in [0.3, 0.4) is 0 Å². The van der Waals surface area contributed by atoms with Crippen molar-refractivity contribution in [3.05, 3.63) is 30.1 Å². The Labute approximate surface area is 115 Å². The van der Waals surface area contributed by atoms with Crippen LogP contribution in [0.15, 0.2) is 24.4 Å². The summed E-state index contributed by atoms with van der Waals surface area (Å²) in [5.41, 5.74) is 0.914. The first-order valence-electron chi connectivity index (χ1n) is 7.06. The zero-order valence-electron chi connectivity index (χ0n) is 11.8. The summed E-state index contributed by atoms with van der Waals surface area (Å²) in [6, 6.07) is 6.11. The quantitative estimate of drug-likeness (QED) is 0.909. The second kappa shape index (κ2) is 6.55. The molecule has 0 spiro atoms. The minimum absolute atomic E-state index is 0.00482. The molecule has 0 aromatic carbocycles. The molecule has 0 aliphatic heterocycles. The Bertz CT molecular complexity index is 399. The number of nitrogens with zero attached hydrogens (tertiary/aromatic N) is 2. The molecule has 1 N–H and O–H groups in total. The molecule has 1 fully saturated rings. The van der Waals surface area contributed by atoms with E-state index >= 15 is 0 Å². The largest absolute Gasteiger partial charge is 0.335 e. The second-order valence-electron chi connectivity index (χ2n) is 5.58. The van der Waals surface area contributed by atoms with Crippen molar-refractivity contribution in [1.29, 1.82) is 0 Å². The molecule has 0 unspecified atom stereocenters. The van der Waals surface area contributed by atoms with Crippen LogP contribution in [0.4, 0.5) is 4.79 Å². The van der Waals surface area contributed by atoms with Crippen molar-refractivity contribution >= 4 is 6.03 Å². The van der Waals surface area contributed by atoms with E-state index in [1.54, 1.807) is 11.1 Å². The normalized spacial score (nSPS) is 22.8. The molecule has 1 aliphatic carbocycles. The fourth-order valence-corrected chi connectivity index (χ4v) is 2.50. The van der Waals surface area contributed by atoms with Gasteiger partial charge in [-0.1, -0.05) is 13.0 Å². The number of nitrogens with one attached hydrogen (secondary N) is 1. The van der Waals surface area contributed by atoms with E-state index in [4.69, 9.17) is 0 Å². The van der Waals surface area contributed by atoms with E-state index in [0.29, 0.717) is 12.6 Å². The smallest absolute Gasteiger partial charge is 0.317 e. The minimum Gasteiger partial charge on any atom is -0.335 e. The average Bonchev–Trinajstić information content (AvgIpc) is 2.42. The summed E-state index contributed by atoms with van der Waals surface area (Å²) in [5, 5.41) is 3.12.